The Bertz CT molecular complexity index is 298. The summed E-state index contributed by atoms with van der Waals surface area (Å²) >= 11 is 3.50. The van der Waals surface area contributed by atoms with E-state index in [9.17, 15) is 0 Å². The predicted octanol–water partition coefficient (Wildman–Crippen LogP) is 4.34. The van der Waals surface area contributed by atoms with Crippen LogP contribution in [0.15, 0.2) is 24.3 Å². The third kappa shape index (κ3) is 5.09. The standard InChI is InChI=1S/C14H21BrO2/c1-3-4-5-10-17-14(11-15)12-6-8-13(16-2)9-7-12/h6-9,14H,3-5,10-11H2,1-2H3. The first-order valence-corrected chi connectivity index (χ1v) is 7.25. The molecular formula is C14H21BrO2. The summed E-state index contributed by atoms with van der Waals surface area (Å²) in [6.45, 7) is 3.03. The van der Waals surface area contributed by atoms with Crippen molar-refractivity contribution in [3.8, 4) is 5.75 Å². The lowest BCUT2D eigenvalue weighted by Crippen LogP contribution is -2.07. The molecule has 0 aliphatic heterocycles. The minimum Gasteiger partial charge on any atom is -0.497 e. The van der Waals surface area contributed by atoms with Crippen molar-refractivity contribution in [2.75, 3.05) is 19.0 Å². The Hall–Kier alpha value is -0.540. The number of benzene rings is 1. The van der Waals surface area contributed by atoms with Gasteiger partial charge in [-0.1, -0.05) is 47.8 Å². The molecule has 96 valence electrons. The molecule has 0 N–H and O–H groups in total. The Morgan fingerprint density at radius 3 is 2.41 bits per heavy atom. The summed E-state index contributed by atoms with van der Waals surface area (Å²) in [6.07, 6.45) is 3.73. The maximum Gasteiger partial charge on any atom is 0.118 e. The summed E-state index contributed by atoms with van der Waals surface area (Å²) in [4.78, 5) is 0. The Labute approximate surface area is 112 Å². The van der Waals surface area contributed by atoms with E-state index in [1.54, 1.807) is 7.11 Å². The number of halogens is 1. The minimum atomic E-state index is 0.137. The van der Waals surface area contributed by atoms with Crippen LogP contribution < -0.4 is 4.74 Å². The summed E-state index contributed by atoms with van der Waals surface area (Å²) in [6, 6.07) is 8.07. The highest BCUT2D eigenvalue weighted by atomic mass is 79.9. The van der Waals surface area contributed by atoms with Crippen molar-refractivity contribution < 1.29 is 9.47 Å². The summed E-state index contributed by atoms with van der Waals surface area (Å²) in [5.41, 5.74) is 1.19. The van der Waals surface area contributed by atoms with Gasteiger partial charge in [-0.2, -0.15) is 0 Å². The summed E-state index contributed by atoms with van der Waals surface area (Å²) in [5.74, 6) is 0.882. The number of unbranched alkanes of at least 4 members (excludes halogenated alkanes) is 2. The SMILES string of the molecule is CCCCCOC(CBr)c1ccc(OC)cc1. The molecule has 0 bridgehead atoms. The van der Waals surface area contributed by atoms with Crippen LogP contribution in [0, 0.1) is 0 Å². The molecule has 0 aliphatic rings. The second-order valence-corrected chi connectivity index (χ2v) is 4.64. The normalized spacial score (nSPS) is 12.4. The van der Waals surface area contributed by atoms with Crippen LogP contribution in [0.25, 0.3) is 0 Å². The molecule has 1 rings (SSSR count). The molecule has 1 atom stereocenters. The van der Waals surface area contributed by atoms with Gasteiger partial charge < -0.3 is 9.47 Å². The molecular weight excluding hydrogens is 280 g/mol. The molecule has 0 amide bonds. The molecule has 0 aromatic heterocycles. The van der Waals surface area contributed by atoms with E-state index in [0.717, 1.165) is 24.1 Å². The van der Waals surface area contributed by atoms with Crippen molar-refractivity contribution in [3.63, 3.8) is 0 Å². The molecule has 1 unspecified atom stereocenters. The van der Waals surface area contributed by atoms with Gasteiger partial charge in [0.25, 0.3) is 0 Å². The van der Waals surface area contributed by atoms with E-state index in [4.69, 9.17) is 9.47 Å². The van der Waals surface area contributed by atoms with E-state index >= 15 is 0 Å². The van der Waals surface area contributed by atoms with Crippen LogP contribution in [0.5, 0.6) is 5.75 Å². The van der Waals surface area contributed by atoms with E-state index in [1.807, 2.05) is 12.1 Å². The molecule has 1 aromatic rings. The summed E-state index contributed by atoms with van der Waals surface area (Å²) < 4.78 is 11.0. The smallest absolute Gasteiger partial charge is 0.118 e. The van der Waals surface area contributed by atoms with Crippen molar-refractivity contribution in [3.05, 3.63) is 29.8 Å². The molecule has 3 heteroatoms. The topological polar surface area (TPSA) is 18.5 Å². The highest BCUT2D eigenvalue weighted by molar-refractivity contribution is 9.09. The highest BCUT2D eigenvalue weighted by Gasteiger charge is 2.10. The maximum atomic E-state index is 5.87. The zero-order valence-electron chi connectivity index (χ0n) is 10.6. The summed E-state index contributed by atoms with van der Waals surface area (Å²) in [5, 5.41) is 0.825. The lowest BCUT2D eigenvalue weighted by Gasteiger charge is -2.16. The van der Waals surface area contributed by atoms with Crippen LogP contribution in [-0.2, 0) is 4.74 Å². The molecule has 0 fully saturated rings. The van der Waals surface area contributed by atoms with Gasteiger partial charge in [0.1, 0.15) is 5.75 Å². The molecule has 1 aromatic carbocycles. The van der Waals surface area contributed by atoms with Gasteiger partial charge in [0.2, 0.25) is 0 Å². The van der Waals surface area contributed by atoms with Gasteiger partial charge in [-0.15, -0.1) is 0 Å². The zero-order chi connectivity index (χ0) is 12.5. The van der Waals surface area contributed by atoms with Crippen molar-refractivity contribution in [2.24, 2.45) is 0 Å². The molecule has 0 radical (unpaired) electrons. The number of rotatable bonds is 8. The number of hydrogen-bond acceptors (Lipinski definition) is 2. The highest BCUT2D eigenvalue weighted by Crippen LogP contribution is 2.22. The van der Waals surface area contributed by atoms with E-state index in [2.05, 4.69) is 35.0 Å². The van der Waals surface area contributed by atoms with Crippen LogP contribution in [0.1, 0.15) is 37.9 Å². The van der Waals surface area contributed by atoms with Crippen LogP contribution in [0.3, 0.4) is 0 Å². The summed E-state index contributed by atoms with van der Waals surface area (Å²) in [7, 11) is 1.68. The lowest BCUT2D eigenvalue weighted by atomic mass is 10.1. The van der Waals surface area contributed by atoms with Gasteiger partial charge in [0, 0.05) is 11.9 Å². The first-order valence-electron chi connectivity index (χ1n) is 6.13. The fraction of sp³-hybridized carbons (Fsp3) is 0.571. The van der Waals surface area contributed by atoms with Gasteiger partial charge in [-0.05, 0) is 24.1 Å². The lowest BCUT2D eigenvalue weighted by molar-refractivity contribution is 0.0670. The van der Waals surface area contributed by atoms with Gasteiger partial charge in [0.05, 0.1) is 13.2 Å². The van der Waals surface area contributed by atoms with Crippen LogP contribution >= 0.6 is 15.9 Å². The average Bonchev–Trinajstić information content (AvgIpc) is 2.39. The molecule has 0 spiro atoms. The third-order valence-electron chi connectivity index (χ3n) is 2.69. The van der Waals surface area contributed by atoms with Crippen LogP contribution in [0.2, 0.25) is 0 Å². The largest absolute Gasteiger partial charge is 0.497 e. The van der Waals surface area contributed by atoms with E-state index in [-0.39, 0.29) is 6.10 Å². The second kappa shape index (κ2) is 8.54. The maximum absolute atomic E-state index is 5.87. The van der Waals surface area contributed by atoms with Gasteiger partial charge in [-0.3, -0.25) is 0 Å². The van der Waals surface area contributed by atoms with Gasteiger partial charge >= 0.3 is 0 Å². The van der Waals surface area contributed by atoms with E-state index < -0.39 is 0 Å². The fourth-order valence-electron chi connectivity index (χ4n) is 1.63. The quantitative estimate of drug-likeness (QED) is 0.525. The number of hydrogen-bond donors (Lipinski definition) is 0. The molecule has 17 heavy (non-hydrogen) atoms. The number of ether oxygens (including phenoxy) is 2. The molecule has 0 heterocycles. The number of alkyl halides is 1. The van der Waals surface area contributed by atoms with Crippen molar-refractivity contribution >= 4 is 15.9 Å². The fourth-order valence-corrected chi connectivity index (χ4v) is 2.19. The van der Waals surface area contributed by atoms with Gasteiger partial charge in [0.15, 0.2) is 0 Å². The average molecular weight is 301 g/mol. The Balaban J connectivity index is 2.47. The Kier molecular flexibility index (Phi) is 7.29. The minimum absolute atomic E-state index is 0.137. The second-order valence-electron chi connectivity index (χ2n) is 3.99. The van der Waals surface area contributed by atoms with Crippen molar-refractivity contribution in [1.82, 2.24) is 0 Å². The van der Waals surface area contributed by atoms with E-state index in [1.165, 1.54) is 18.4 Å². The zero-order valence-corrected chi connectivity index (χ0v) is 12.2. The number of methoxy groups -OCH3 is 1. The van der Waals surface area contributed by atoms with Gasteiger partial charge in [-0.25, -0.2) is 0 Å². The molecule has 0 saturated carbocycles. The van der Waals surface area contributed by atoms with Crippen molar-refractivity contribution in [1.29, 1.82) is 0 Å². The third-order valence-corrected chi connectivity index (χ3v) is 3.28. The predicted molar refractivity (Wildman–Crippen MR) is 75.0 cm³/mol. The molecule has 0 saturated heterocycles. The molecule has 0 aliphatic carbocycles. The first kappa shape index (κ1) is 14.5. The Morgan fingerprint density at radius 1 is 1.18 bits per heavy atom. The van der Waals surface area contributed by atoms with E-state index in [0.29, 0.717) is 0 Å². The molecule has 2 nitrogen and oxygen atoms in total. The van der Waals surface area contributed by atoms with Crippen LogP contribution in [-0.4, -0.2) is 19.0 Å². The Morgan fingerprint density at radius 2 is 1.88 bits per heavy atom. The first-order chi connectivity index (χ1) is 8.31. The van der Waals surface area contributed by atoms with Crippen LogP contribution in [0.4, 0.5) is 0 Å². The van der Waals surface area contributed by atoms with Crippen molar-refractivity contribution in [2.45, 2.75) is 32.3 Å². The monoisotopic (exact) mass is 300 g/mol.